The predicted octanol–water partition coefficient (Wildman–Crippen LogP) is 0.00640. The zero-order valence-corrected chi connectivity index (χ0v) is 7.23. The Balaban J connectivity index is 2.48. The van der Waals surface area contributed by atoms with Gasteiger partial charge in [-0.15, -0.1) is 0 Å². The summed E-state index contributed by atoms with van der Waals surface area (Å²) in [7, 11) is 1.75. The van der Waals surface area contributed by atoms with Crippen LogP contribution in [0.1, 0.15) is 12.1 Å². The number of hydrogen-bond acceptors (Lipinski definition) is 3. The van der Waals surface area contributed by atoms with Gasteiger partial charge in [-0.05, 0) is 12.5 Å². The van der Waals surface area contributed by atoms with Crippen molar-refractivity contribution >= 4 is 11.8 Å². The second kappa shape index (κ2) is 3.84. The van der Waals surface area contributed by atoms with Crippen LogP contribution in [0.5, 0.6) is 0 Å². The highest BCUT2D eigenvalue weighted by molar-refractivity contribution is 6.32. The van der Waals surface area contributed by atoms with Crippen LogP contribution < -0.4 is 0 Å². The van der Waals surface area contributed by atoms with Crippen LogP contribution in [0.15, 0.2) is 12.3 Å². The van der Waals surface area contributed by atoms with Crippen LogP contribution >= 0.6 is 0 Å². The van der Waals surface area contributed by atoms with Crippen LogP contribution in [0.2, 0.25) is 0 Å². The molecule has 0 bridgehead atoms. The van der Waals surface area contributed by atoms with Crippen LogP contribution in [0, 0.1) is 0 Å². The van der Waals surface area contributed by atoms with E-state index in [1.54, 1.807) is 24.0 Å². The number of carboxylic acids is 1. The van der Waals surface area contributed by atoms with E-state index >= 15 is 0 Å². The number of carboxylic acid groups (broad SMARTS) is 1. The van der Waals surface area contributed by atoms with Crippen molar-refractivity contribution in [1.29, 1.82) is 0 Å². The van der Waals surface area contributed by atoms with E-state index < -0.39 is 11.8 Å². The van der Waals surface area contributed by atoms with Gasteiger partial charge in [0.2, 0.25) is 5.78 Å². The molecule has 0 aliphatic rings. The van der Waals surface area contributed by atoms with Gasteiger partial charge in [-0.25, -0.2) is 4.79 Å². The fourth-order valence-corrected chi connectivity index (χ4v) is 0.995. The lowest BCUT2D eigenvalue weighted by molar-refractivity contribution is -0.149. The van der Waals surface area contributed by atoms with E-state index in [1.807, 2.05) is 0 Å². The molecular weight excluding hydrogens is 172 g/mol. The summed E-state index contributed by atoms with van der Waals surface area (Å²) in [5, 5.41) is 12.2. The molecule has 0 atom stereocenters. The molecule has 5 heteroatoms. The number of aromatic nitrogens is 2. The van der Waals surface area contributed by atoms with Gasteiger partial charge in [0, 0.05) is 25.4 Å². The van der Waals surface area contributed by atoms with Crippen LogP contribution in [0.4, 0.5) is 0 Å². The van der Waals surface area contributed by atoms with Crippen molar-refractivity contribution in [2.75, 3.05) is 0 Å². The van der Waals surface area contributed by atoms with E-state index in [0.717, 1.165) is 5.69 Å². The fraction of sp³-hybridized carbons (Fsp3) is 0.375. The Bertz CT molecular complexity index is 330. The van der Waals surface area contributed by atoms with E-state index in [0.29, 0.717) is 6.42 Å². The number of aryl methyl sites for hydroxylation is 2. The van der Waals surface area contributed by atoms with Crippen LogP contribution in [0.25, 0.3) is 0 Å². The van der Waals surface area contributed by atoms with Crippen molar-refractivity contribution in [3.8, 4) is 0 Å². The van der Waals surface area contributed by atoms with Crippen molar-refractivity contribution in [2.45, 2.75) is 12.8 Å². The van der Waals surface area contributed by atoms with Gasteiger partial charge in [-0.2, -0.15) is 5.10 Å². The summed E-state index contributed by atoms with van der Waals surface area (Å²) in [6.07, 6.45) is 2.05. The van der Waals surface area contributed by atoms with E-state index in [9.17, 15) is 9.59 Å². The van der Waals surface area contributed by atoms with E-state index in [-0.39, 0.29) is 6.42 Å². The smallest absolute Gasteiger partial charge is 0.372 e. The quantitative estimate of drug-likeness (QED) is 0.665. The van der Waals surface area contributed by atoms with Gasteiger partial charge in [0.05, 0.1) is 0 Å². The Morgan fingerprint density at radius 3 is 2.77 bits per heavy atom. The molecule has 0 aliphatic carbocycles. The summed E-state index contributed by atoms with van der Waals surface area (Å²) in [5.74, 6) is -2.14. The van der Waals surface area contributed by atoms with E-state index in [4.69, 9.17) is 5.11 Å². The topological polar surface area (TPSA) is 72.2 Å². The Morgan fingerprint density at radius 2 is 2.31 bits per heavy atom. The molecule has 13 heavy (non-hydrogen) atoms. The molecule has 1 N–H and O–H groups in total. The number of nitrogens with zero attached hydrogens (tertiary/aromatic N) is 2. The summed E-state index contributed by atoms with van der Waals surface area (Å²) in [6.45, 7) is 0. The van der Waals surface area contributed by atoms with Crippen molar-refractivity contribution in [3.05, 3.63) is 18.0 Å². The van der Waals surface area contributed by atoms with Gasteiger partial charge >= 0.3 is 5.97 Å². The van der Waals surface area contributed by atoms with Crippen molar-refractivity contribution in [1.82, 2.24) is 9.78 Å². The molecule has 0 spiro atoms. The third kappa shape index (κ3) is 2.40. The molecule has 0 radical (unpaired) electrons. The summed E-state index contributed by atoms with van der Waals surface area (Å²) in [6, 6.07) is 1.76. The number of aliphatic carboxylic acids is 1. The van der Waals surface area contributed by atoms with Crippen molar-refractivity contribution in [3.63, 3.8) is 0 Å². The largest absolute Gasteiger partial charge is 0.476 e. The Kier molecular flexibility index (Phi) is 2.79. The Hall–Kier alpha value is -1.65. The fourth-order valence-electron chi connectivity index (χ4n) is 0.995. The lowest BCUT2D eigenvalue weighted by Crippen LogP contribution is -2.13. The second-order valence-electron chi connectivity index (χ2n) is 2.67. The Morgan fingerprint density at radius 1 is 1.62 bits per heavy atom. The number of carbonyl (C=O) groups excluding carboxylic acids is 1. The van der Waals surface area contributed by atoms with Gasteiger partial charge in [-0.1, -0.05) is 0 Å². The molecule has 1 rings (SSSR count). The van der Waals surface area contributed by atoms with E-state index in [2.05, 4.69) is 5.10 Å². The van der Waals surface area contributed by atoms with Crippen LogP contribution in [0.3, 0.4) is 0 Å². The maximum absolute atomic E-state index is 10.7. The monoisotopic (exact) mass is 182 g/mol. The minimum Gasteiger partial charge on any atom is -0.476 e. The molecule has 0 saturated carbocycles. The van der Waals surface area contributed by atoms with E-state index in [1.165, 1.54) is 0 Å². The first kappa shape index (κ1) is 9.44. The maximum Gasteiger partial charge on any atom is 0.372 e. The number of rotatable bonds is 4. The molecule has 1 aromatic heterocycles. The molecule has 0 aliphatic heterocycles. The van der Waals surface area contributed by atoms with Crippen molar-refractivity contribution in [2.24, 2.45) is 7.05 Å². The lowest BCUT2D eigenvalue weighted by Gasteiger charge is -1.98. The molecule has 0 saturated heterocycles. The number of carbonyl (C=O) groups is 2. The average Bonchev–Trinajstić information content (AvgIpc) is 2.47. The summed E-state index contributed by atoms with van der Waals surface area (Å²) < 4.78 is 1.62. The molecule has 5 nitrogen and oxygen atoms in total. The highest BCUT2D eigenvalue weighted by Crippen LogP contribution is 2.01. The minimum absolute atomic E-state index is 0.0227. The molecule has 0 aromatic carbocycles. The number of ketones is 1. The summed E-state index contributed by atoms with van der Waals surface area (Å²) >= 11 is 0. The third-order valence-corrected chi connectivity index (χ3v) is 1.77. The van der Waals surface area contributed by atoms with Gasteiger partial charge in [-0.3, -0.25) is 9.48 Å². The summed E-state index contributed by atoms with van der Waals surface area (Å²) in [4.78, 5) is 20.9. The highest BCUT2D eigenvalue weighted by Gasteiger charge is 2.11. The van der Waals surface area contributed by atoms with Gasteiger partial charge in [0.25, 0.3) is 0 Å². The number of hydrogen-bond donors (Lipinski definition) is 1. The minimum atomic E-state index is -1.37. The molecule has 0 unspecified atom stereocenters. The first-order valence-electron chi connectivity index (χ1n) is 3.84. The molecular formula is C8H10N2O3. The SMILES string of the molecule is Cn1nccc1CCC(=O)C(=O)O. The maximum atomic E-state index is 10.7. The molecule has 70 valence electrons. The zero-order chi connectivity index (χ0) is 9.84. The standard InChI is InChI=1S/C8H10N2O3/c1-10-6(4-5-9-10)2-3-7(11)8(12)13/h4-5H,2-3H2,1H3,(H,12,13). The average molecular weight is 182 g/mol. The lowest BCUT2D eigenvalue weighted by atomic mass is 10.2. The molecule has 1 aromatic rings. The van der Waals surface area contributed by atoms with Crippen LogP contribution in [-0.4, -0.2) is 26.6 Å². The highest BCUT2D eigenvalue weighted by atomic mass is 16.4. The predicted molar refractivity (Wildman–Crippen MR) is 44.2 cm³/mol. The van der Waals surface area contributed by atoms with Gasteiger partial charge < -0.3 is 5.11 Å². The van der Waals surface area contributed by atoms with Gasteiger partial charge in [0.15, 0.2) is 0 Å². The summed E-state index contributed by atoms with van der Waals surface area (Å²) in [5.41, 5.74) is 0.856. The number of Topliss-reactive ketones (excluding diaryl/α,β-unsaturated/α-hetero) is 1. The normalized spacial score (nSPS) is 9.92. The van der Waals surface area contributed by atoms with Crippen molar-refractivity contribution < 1.29 is 14.7 Å². The molecule has 0 fully saturated rings. The first-order valence-corrected chi connectivity index (χ1v) is 3.84. The first-order chi connectivity index (χ1) is 6.11. The second-order valence-corrected chi connectivity index (χ2v) is 2.67. The Labute approximate surface area is 75.0 Å². The third-order valence-electron chi connectivity index (χ3n) is 1.77. The molecule has 0 amide bonds. The zero-order valence-electron chi connectivity index (χ0n) is 7.23. The molecule has 1 heterocycles. The van der Waals surface area contributed by atoms with Gasteiger partial charge in [0.1, 0.15) is 0 Å². The van der Waals surface area contributed by atoms with Crippen LogP contribution in [-0.2, 0) is 23.1 Å².